The summed E-state index contributed by atoms with van der Waals surface area (Å²) in [6.45, 7) is 20.0. The maximum atomic E-state index is 3.94. The lowest BCUT2D eigenvalue weighted by atomic mass is 9.72. The van der Waals surface area contributed by atoms with Crippen molar-refractivity contribution in [3.8, 4) is 0 Å². The molecule has 17 heavy (non-hydrogen) atoms. The van der Waals surface area contributed by atoms with Crippen molar-refractivity contribution >= 4 is 0 Å². The third-order valence-corrected chi connectivity index (χ3v) is 4.61. The van der Waals surface area contributed by atoms with Crippen LogP contribution in [0.4, 0.5) is 0 Å². The van der Waals surface area contributed by atoms with Crippen molar-refractivity contribution in [2.75, 3.05) is 0 Å². The number of hydrogen-bond acceptors (Lipinski definition) is 0. The van der Waals surface area contributed by atoms with E-state index in [0.717, 1.165) is 0 Å². The smallest absolute Gasteiger partial charge is 0.0176 e. The summed E-state index contributed by atoms with van der Waals surface area (Å²) < 4.78 is 0. The van der Waals surface area contributed by atoms with Crippen molar-refractivity contribution in [2.24, 2.45) is 16.7 Å². The van der Waals surface area contributed by atoms with E-state index in [1.807, 2.05) is 0 Å². The maximum absolute atomic E-state index is 3.94. The summed E-state index contributed by atoms with van der Waals surface area (Å²) in [6, 6.07) is 0. The first-order chi connectivity index (χ1) is 7.67. The molecule has 0 aliphatic carbocycles. The predicted octanol–water partition coefficient (Wildman–Crippen LogP) is 6.00. The Morgan fingerprint density at radius 1 is 1.24 bits per heavy atom. The first kappa shape index (κ1) is 16.5. The standard InChI is InChI=1S/C17H32/c1-9-14(3)17(8,10-2)13-11-12-15(4)16(5,6)7/h9,12,14H,1,10-11,13H2,2-8H3. The van der Waals surface area contributed by atoms with E-state index in [2.05, 4.69) is 67.2 Å². The highest BCUT2D eigenvalue weighted by Crippen LogP contribution is 2.37. The maximum Gasteiger partial charge on any atom is -0.0176 e. The fourth-order valence-electron chi connectivity index (χ4n) is 1.94. The van der Waals surface area contributed by atoms with E-state index in [9.17, 15) is 0 Å². The molecule has 0 aromatic carbocycles. The van der Waals surface area contributed by atoms with Crippen LogP contribution in [0.25, 0.3) is 0 Å². The molecular formula is C17H32. The number of allylic oxidation sites excluding steroid dienone is 3. The highest BCUT2D eigenvalue weighted by atomic mass is 14.3. The Balaban J connectivity index is 4.50. The second-order valence-electron chi connectivity index (χ2n) is 6.71. The van der Waals surface area contributed by atoms with Crippen LogP contribution in [0.2, 0.25) is 0 Å². The molecule has 0 spiro atoms. The molecule has 0 saturated heterocycles. The molecule has 0 aliphatic rings. The molecule has 100 valence electrons. The molecule has 2 atom stereocenters. The summed E-state index contributed by atoms with van der Waals surface area (Å²) in [5.41, 5.74) is 2.21. The van der Waals surface area contributed by atoms with Crippen LogP contribution >= 0.6 is 0 Å². The number of rotatable bonds is 6. The Bertz CT molecular complexity index is 264. The van der Waals surface area contributed by atoms with Gasteiger partial charge in [0.05, 0.1) is 0 Å². The molecule has 0 fully saturated rings. The molecule has 0 saturated carbocycles. The highest BCUT2D eigenvalue weighted by molar-refractivity contribution is 5.07. The summed E-state index contributed by atoms with van der Waals surface area (Å²) in [6.07, 6.45) is 8.19. The Morgan fingerprint density at radius 2 is 1.76 bits per heavy atom. The van der Waals surface area contributed by atoms with Crippen LogP contribution in [-0.4, -0.2) is 0 Å². The minimum absolute atomic E-state index is 0.312. The lowest BCUT2D eigenvalue weighted by Crippen LogP contribution is -2.23. The van der Waals surface area contributed by atoms with Gasteiger partial charge in [-0.1, -0.05) is 65.7 Å². The summed E-state index contributed by atoms with van der Waals surface area (Å²) in [4.78, 5) is 0. The molecule has 0 N–H and O–H groups in total. The van der Waals surface area contributed by atoms with Crippen molar-refractivity contribution in [3.05, 3.63) is 24.3 Å². The topological polar surface area (TPSA) is 0 Å². The quantitative estimate of drug-likeness (QED) is 0.496. The molecule has 0 aromatic rings. The van der Waals surface area contributed by atoms with Gasteiger partial charge in [0.15, 0.2) is 0 Å². The van der Waals surface area contributed by atoms with E-state index >= 15 is 0 Å². The van der Waals surface area contributed by atoms with Crippen molar-refractivity contribution in [1.82, 2.24) is 0 Å². The third kappa shape index (κ3) is 5.10. The minimum Gasteiger partial charge on any atom is -0.103 e. The average Bonchev–Trinajstić information content (AvgIpc) is 2.26. The van der Waals surface area contributed by atoms with Gasteiger partial charge in [0.1, 0.15) is 0 Å². The molecule has 0 radical (unpaired) electrons. The third-order valence-electron chi connectivity index (χ3n) is 4.61. The van der Waals surface area contributed by atoms with Gasteiger partial charge < -0.3 is 0 Å². The van der Waals surface area contributed by atoms with E-state index in [-0.39, 0.29) is 0 Å². The molecule has 0 heteroatoms. The fraction of sp³-hybridized carbons (Fsp3) is 0.765. The largest absolute Gasteiger partial charge is 0.103 e. The highest BCUT2D eigenvalue weighted by Gasteiger charge is 2.26. The van der Waals surface area contributed by atoms with E-state index in [1.54, 1.807) is 0 Å². The SMILES string of the molecule is C=CC(C)C(C)(CC)CCC=C(C)C(C)(C)C. The van der Waals surface area contributed by atoms with Gasteiger partial charge in [0.25, 0.3) is 0 Å². The summed E-state index contributed by atoms with van der Waals surface area (Å²) in [5.74, 6) is 0.593. The van der Waals surface area contributed by atoms with Crippen LogP contribution in [0.15, 0.2) is 24.3 Å². The monoisotopic (exact) mass is 236 g/mol. The zero-order chi connectivity index (χ0) is 13.7. The average molecular weight is 236 g/mol. The van der Waals surface area contributed by atoms with E-state index in [1.165, 1.54) is 24.8 Å². The molecule has 0 bridgehead atoms. The van der Waals surface area contributed by atoms with Gasteiger partial charge in [-0.25, -0.2) is 0 Å². The fourth-order valence-corrected chi connectivity index (χ4v) is 1.94. The van der Waals surface area contributed by atoms with Crippen LogP contribution in [0, 0.1) is 16.7 Å². The van der Waals surface area contributed by atoms with Crippen molar-refractivity contribution in [1.29, 1.82) is 0 Å². The minimum atomic E-state index is 0.312. The van der Waals surface area contributed by atoms with Crippen LogP contribution < -0.4 is 0 Å². The second-order valence-corrected chi connectivity index (χ2v) is 6.71. The van der Waals surface area contributed by atoms with Crippen molar-refractivity contribution in [3.63, 3.8) is 0 Å². The Kier molecular flexibility index (Phi) is 6.23. The van der Waals surface area contributed by atoms with Crippen LogP contribution in [-0.2, 0) is 0 Å². The molecule has 0 amide bonds. The Morgan fingerprint density at radius 3 is 2.12 bits per heavy atom. The van der Waals surface area contributed by atoms with E-state index < -0.39 is 0 Å². The molecular weight excluding hydrogens is 204 g/mol. The molecule has 0 nitrogen and oxygen atoms in total. The first-order valence-corrected chi connectivity index (χ1v) is 6.97. The molecule has 0 heterocycles. The van der Waals surface area contributed by atoms with E-state index in [4.69, 9.17) is 0 Å². The Labute approximate surface area is 109 Å². The van der Waals surface area contributed by atoms with Crippen LogP contribution in [0.5, 0.6) is 0 Å². The normalized spacial score (nSPS) is 18.6. The number of hydrogen-bond donors (Lipinski definition) is 0. The first-order valence-electron chi connectivity index (χ1n) is 6.97. The molecule has 2 unspecified atom stereocenters. The summed E-state index contributed by atoms with van der Waals surface area (Å²) >= 11 is 0. The molecule has 0 aromatic heterocycles. The molecule has 0 rings (SSSR count). The van der Waals surface area contributed by atoms with Gasteiger partial charge in [-0.2, -0.15) is 0 Å². The van der Waals surface area contributed by atoms with Gasteiger partial charge in [0, 0.05) is 0 Å². The lowest BCUT2D eigenvalue weighted by molar-refractivity contribution is 0.214. The van der Waals surface area contributed by atoms with Crippen LogP contribution in [0.1, 0.15) is 67.7 Å². The molecule has 0 aliphatic heterocycles. The second kappa shape index (κ2) is 6.42. The van der Waals surface area contributed by atoms with Gasteiger partial charge in [-0.3, -0.25) is 0 Å². The van der Waals surface area contributed by atoms with Crippen molar-refractivity contribution in [2.45, 2.75) is 67.7 Å². The van der Waals surface area contributed by atoms with E-state index in [0.29, 0.717) is 16.7 Å². The zero-order valence-electron chi connectivity index (χ0n) is 13.1. The van der Waals surface area contributed by atoms with Crippen molar-refractivity contribution < 1.29 is 0 Å². The summed E-state index contributed by atoms with van der Waals surface area (Å²) in [5, 5.41) is 0. The summed E-state index contributed by atoms with van der Waals surface area (Å²) in [7, 11) is 0. The van der Waals surface area contributed by atoms with Gasteiger partial charge in [-0.15, -0.1) is 6.58 Å². The Hall–Kier alpha value is -0.520. The van der Waals surface area contributed by atoms with Gasteiger partial charge in [-0.05, 0) is 36.5 Å². The van der Waals surface area contributed by atoms with Crippen LogP contribution in [0.3, 0.4) is 0 Å². The lowest BCUT2D eigenvalue weighted by Gasteiger charge is -2.33. The van der Waals surface area contributed by atoms with Gasteiger partial charge in [0.2, 0.25) is 0 Å². The van der Waals surface area contributed by atoms with Gasteiger partial charge >= 0.3 is 0 Å². The zero-order valence-corrected chi connectivity index (χ0v) is 13.1. The predicted molar refractivity (Wildman–Crippen MR) is 80.2 cm³/mol.